The maximum atomic E-state index is 6.25. The van der Waals surface area contributed by atoms with Crippen molar-refractivity contribution in [3.05, 3.63) is 182 Å². The van der Waals surface area contributed by atoms with Gasteiger partial charge < -0.3 is 8.98 Å². The summed E-state index contributed by atoms with van der Waals surface area (Å²) in [5.41, 5.74) is 10.4. The largest absolute Gasteiger partial charge is 0.456 e. The number of nitrogens with zero attached hydrogens (tertiary/aromatic N) is 4. The summed E-state index contributed by atoms with van der Waals surface area (Å²) in [6.07, 6.45) is 0. The topological polar surface area (TPSA) is 56.7 Å². The number of aromatic nitrogens is 4. The van der Waals surface area contributed by atoms with Gasteiger partial charge in [0.15, 0.2) is 17.5 Å². The summed E-state index contributed by atoms with van der Waals surface area (Å²) < 4.78 is 11.1. The quantitative estimate of drug-likeness (QED) is 0.176. The normalized spacial score (nSPS) is 11.9. The summed E-state index contributed by atoms with van der Waals surface area (Å²) in [6.45, 7) is 0. The Balaban J connectivity index is 0.997. The summed E-state index contributed by atoms with van der Waals surface area (Å²) in [7, 11) is 0. The minimum absolute atomic E-state index is 0.600. The smallest absolute Gasteiger partial charge is 0.164 e. The van der Waals surface area contributed by atoms with Crippen LogP contribution in [-0.4, -0.2) is 19.5 Å². The minimum atomic E-state index is 0.600. The van der Waals surface area contributed by atoms with Crippen LogP contribution < -0.4 is 0 Å². The van der Waals surface area contributed by atoms with Crippen molar-refractivity contribution in [1.29, 1.82) is 0 Å². The molecule has 4 heterocycles. The second kappa shape index (κ2) is 12.6. The van der Waals surface area contributed by atoms with Gasteiger partial charge in [0.1, 0.15) is 11.2 Å². The molecule has 266 valence electrons. The lowest BCUT2D eigenvalue weighted by atomic mass is 10.00. The van der Waals surface area contributed by atoms with E-state index in [-0.39, 0.29) is 0 Å². The third kappa shape index (κ3) is 5.12. The highest BCUT2D eigenvalue weighted by Crippen LogP contribution is 2.43. The first-order valence-corrected chi connectivity index (χ1v) is 19.8. The summed E-state index contributed by atoms with van der Waals surface area (Å²) in [5.74, 6) is 1.85. The van der Waals surface area contributed by atoms with Crippen molar-refractivity contribution in [2.45, 2.75) is 0 Å². The Kier molecular flexibility index (Phi) is 7.03. The fourth-order valence-corrected chi connectivity index (χ4v) is 9.59. The van der Waals surface area contributed by atoms with Gasteiger partial charge in [-0.25, -0.2) is 15.0 Å². The zero-order chi connectivity index (χ0) is 37.5. The zero-order valence-corrected chi connectivity index (χ0v) is 31.2. The first-order valence-electron chi connectivity index (χ1n) is 19.0. The molecular formula is C51H30N4OS. The van der Waals surface area contributed by atoms with E-state index >= 15 is 0 Å². The molecule has 0 saturated heterocycles. The Bertz CT molecular complexity index is 3530. The van der Waals surface area contributed by atoms with Crippen molar-refractivity contribution in [2.24, 2.45) is 0 Å². The highest BCUT2D eigenvalue weighted by atomic mass is 32.1. The summed E-state index contributed by atoms with van der Waals surface area (Å²) in [4.78, 5) is 15.2. The van der Waals surface area contributed by atoms with Crippen LogP contribution in [0.5, 0.6) is 0 Å². The third-order valence-electron chi connectivity index (χ3n) is 11.1. The van der Waals surface area contributed by atoms with E-state index in [0.29, 0.717) is 17.5 Å². The maximum Gasteiger partial charge on any atom is 0.164 e. The molecule has 57 heavy (non-hydrogen) atoms. The summed E-state index contributed by atoms with van der Waals surface area (Å²) in [5, 5.41) is 7.05. The Morgan fingerprint density at radius 3 is 1.84 bits per heavy atom. The van der Waals surface area contributed by atoms with Gasteiger partial charge in [0.05, 0.1) is 11.0 Å². The molecule has 12 aromatic rings. The fraction of sp³-hybridized carbons (Fsp3) is 0. The van der Waals surface area contributed by atoms with Crippen LogP contribution >= 0.6 is 11.3 Å². The van der Waals surface area contributed by atoms with E-state index in [4.69, 9.17) is 19.4 Å². The second-order valence-electron chi connectivity index (χ2n) is 14.4. The fourth-order valence-electron chi connectivity index (χ4n) is 8.38. The van der Waals surface area contributed by atoms with Crippen LogP contribution in [0.1, 0.15) is 0 Å². The Morgan fingerprint density at radius 1 is 0.386 bits per heavy atom. The van der Waals surface area contributed by atoms with Crippen LogP contribution in [0.4, 0.5) is 0 Å². The van der Waals surface area contributed by atoms with E-state index in [0.717, 1.165) is 44.3 Å². The van der Waals surface area contributed by atoms with E-state index in [1.54, 1.807) is 0 Å². The van der Waals surface area contributed by atoms with E-state index in [1.165, 1.54) is 53.1 Å². The van der Waals surface area contributed by atoms with Gasteiger partial charge in [-0.3, -0.25) is 0 Å². The predicted octanol–water partition coefficient (Wildman–Crippen LogP) is 13.9. The monoisotopic (exact) mass is 746 g/mol. The Labute approximate surface area is 330 Å². The molecule has 0 amide bonds. The number of hydrogen-bond acceptors (Lipinski definition) is 5. The standard InChI is InChI=1S/C51H30N4OS/c1-3-12-31(13-4-1)49-52-50(54-51(53-49)34-22-25-39-38-17-8-10-21-45(38)56-46(39)30-34)33-24-27-47-42(29-33)40-19-11-18-36(48(40)57-47)32-23-26-44-41(28-32)37-16-7-9-20-43(37)55(44)35-14-5-2-6-15-35/h1-30H. The van der Waals surface area contributed by atoms with E-state index in [1.807, 2.05) is 65.9 Å². The second-order valence-corrected chi connectivity index (χ2v) is 15.4. The average Bonchev–Trinajstić information content (AvgIpc) is 3.95. The molecular weight excluding hydrogens is 717 g/mol. The molecule has 12 rings (SSSR count). The first kappa shape index (κ1) is 31.9. The van der Waals surface area contributed by atoms with Crippen molar-refractivity contribution in [3.8, 4) is 51.0 Å². The van der Waals surface area contributed by atoms with Gasteiger partial charge in [-0.1, -0.05) is 115 Å². The molecule has 0 atom stereocenters. The van der Waals surface area contributed by atoms with Crippen molar-refractivity contribution >= 4 is 75.3 Å². The predicted molar refractivity (Wildman–Crippen MR) is 236 cm³/mol. The molecule has 0 unspecified atom stereocenters. The molecule has 8 aromatic carbocycles. The molecule has 0 aliphatic heterocycles. The van der Waals surface area contributed by atoms with E-state index in [2.05, 4.69) is 132 Å². The molecule has 0 aliphatic carbocycles. The molecule has 0 radical (unpaired) electrons. The van der Waals surface area contributed by atoms with E-state index < -0.39 is 0 Å². The lowest BCUT2D eigenvalue weighted by molar-refractivity contribution is 0.669. The number of fused-ring (bicyclic) bond motifs is 9. The Morgan fingerprint density at radius 2 is 1.00 bits per heavy atom. The molecule has 6 heteroatoms. The van der Waals surface area contributed by atoms with Gasteiger partial charge in [-0.05, 0) is 77.9 Å². The zero-order valence-electron chi connectivity index (χ0n) is 30.4. The van der Waals surface area contributed by atoms with Crippen molar-refractivity contribution in [1.82, 2.24) is 19.5 Å². The molecule has 0 spiro atoms. The number of hydrogen-bond donors (Lipinski definition) is 0. The van der Waals surface area contributed by atoms with Gasteiger partial charge in [-0.15, -0.1) is 11.3 Å². The van der Waals surface area contributed by atoms with E-state index in [9.17, 15) is 0 Å². The van der Waals surface area contributed by atoms with Gasteiger partial charge in [0.25, 0.3) is 0 Å². The molecule has 4 aromatic heterocycles. The van der Waals surface area contributed by atoms with Crippen molar-refractivity contribution < 1.29 is 4.42 Å². The highest BCUT2D eigenvalue weighted by Gasteiger charge is 2.18. The summed E-state index contributed by atoms with van der Waals surface area (Å²) >= 11 is 1.83. The Hall–Kier alpha value is -7.41. The maximum absolute atomic E-state index is 6.25. The van der Waals surface area contributed by atoms with Crippen LogP contribution in [-0.2, 0) is 0 Å². The highest BCUT2D eigenvalue weighted by molar-refractivity contribution is 7.26. The lowest BCUT2D eigenvalue weighted by Crippen LogP contribution is -2.00. The van der Waals surface area contributed by atoms with Crippen LogP contribution in [0.3, 0.4) is 0 Å². The molecule has 0 bridgehead atoms. The number of thiophene rings is 1. The number of rotatable bonds is 5. The van der Waals surface area contributed by atoms with Crippen LogP contribution in [0.2, 0.25) is 0 Å². The first-order chi connectivity index (χ1) is 28.2. The molecule has 5 nitrogen and oxygen atoms in total. The average molecular weight is 747 g/mol. The van der Waals surface area contributed by atoms with Crippen molar-refractivity contribution in [3.63, 3.8) is 0 Å². The third-order valence-corrected chi connectivity index (χ3v) is 12.3. The van der Waals surface area contributed by atoms with Gasteiger partial charge >= 0.3 is 0 Å². The molecule has 0 saturated carbocycles. The number of furan rings is 1. The van der Waals surface area contributed by atoms with Crippen LogP contribution in [0.15, 0.2) is 186 Å². The van der Waals surface area contributed by atoms with Crippen molar-refractivity contribution in [2.75, 3.05) is 0 Å². The van der Waals surface area contributed by atoms with Crippen LogP contribution in [0, 0.1) is 0 Å². The molecule has 0 aliphatic rings. The van der Waals surface area contributed by atoms with Gasteiger partial charge in [0.2, 0.25) is 0 Å². The number of para-hydroxylation sites is 3. The van der Waals surface area contributed by atoms with Gasteiger partial charge in [0, 0.05) is 64.1 Å². The minimum Gasteiger partial charge on any atom is -0.456 e. The SMILES string of the molecule is c1ccc(-c2nc(-c3ccc4c(c3)oc3ccccc34)nc(-c3ccc4sc5c(-c6ccc7c(c6)c6ccccc6n7-c6ccccc6)cccc5c4c3)n2)cc1. The number of benzene rings is 8. The lowest BCUT2D eigenvalue weighted by Gasteiger charge is -2.09. The molecule has 0 fully saturated rings. The molecule has 0 N–H and O–H groups in total. The van der Waals surface area contributed by atoms with Gasteiger partial charge in [-0.2, -0.15) is 0 Å². The van der Waals surface area contributed by atoms with Crippen LogP contribution in [0.25, 0.3) is 115 Å². The summed E-state index contributed by atoms with van der Waals surface area (Å²) in [6, 6.07) is 63.9.